The Labute approximate surface area is 113 Å². The van der Waals surface area contributed by atoms with Crippen molar-refractivity contribution in [1.29, 1.82) is 0 Å². The molecular formula is C10H12ClN5OS. The molecule has 0 aliphatic heterocycles. The lowest BCUT2D eigenvalue weighted by Crippen LogP contribution is -2.06. The number of nitrogens with zero attached hydrogens (tertiary/aromatic N) is 4. The second-order valence-electron chi connectivity index (χ2n) is 3.36. The molecule has 2 heterocycles. The lowest BCUT2D eigenvalue weighted by molar-refractivity contribution is 0.312. The molecule has 0 unspecified atom stereocenters. The van der Waals surface area contributed by atoms with E-state index in [-0.39, 0.29) is 11.3 Å². The predicted octanol–water partition coefficient (Wildman–Crippen LogP) is 2.30. The Hall–Kier alpha value is -1.47. The van der Waals surface area contributed by atoms with E-state index in [1.165, 1.54) is 0 Å². The number of thiazole rings is 1. The van der Waals surface area contributed by atoms with Crippen molar-refractivity contribution in [2.75, 3.05) is 11.9 Å². The monoisotopic (exact) mass is 285 g/mol. The second kappa shape index (κ2) is 5.92. The summed E-state index contributed by atoms with van der Waals surface area (Å²) in [6.07, 6.45) is 1.83. The molecule has 6 nitrogen and oxygen atoms in total. The average Bonchev–Trinajstić information content (AvgIpc) is 2.72. The molecule has 0 saturated heterocycles. The van der Waals surface area contributed by atoms with Crippen LogP contribution in [0, 0.1) is 6.92 Å². The van der Waals surface area contributed by atoms with E-state index in [1.54, 1.807) is 11.3 Å². The Morgan fingerprint density at radius 3 is 2.89 bits per heavy atom. The van der Waals surface area contributed by atoms with Crippen LogP contribution in [-0.2, 0) is 6.54 Å². The molecular weight excluding hydrogens is 274 g/mol. The van der Waals surface area contributed by atoms with Gasteiger partial charge < -0.3 is 10.1 Å². The SMILES string of the molecule is CCOc1nc(Cl)nc(NCc2ncc(C)s2)n1. The Kier molecular flexibility index (Phi) is 4.27. The summed E-state index contributed by atoms with van der Waals surface area (Å²) in [5.41, 5.74) is 0. The molecule has 0 bridgehead atoms. The molecule has 0 spiro atoms. The van der Waals surface area contributed by atoms with Gasteiger partial charge in [0.1, 0.15) is 5.01 Å². The van der Waals surface area contributed by atoms with Gasteiger partial charge in [0.05, 0.1) is 13.2 Å². The number of nitrogens with one attached hydrogen (secondary N) is 1. The van der Waals surface area contributed by atoms with E-state index in [4.69, 9.17) is 16.3 Å². The number of halogens is 1. The third-order valence-corrected chi connectivity index (χ3v) is 3.01. The number of aromatic nitrogens is 4. The molecule has 0 saturated carbocycles. The van der Waals surface area contributed by atoms with E-state index < -0.39 is 0 Å². The molecule has 1 N–H and O–H groups in total. The van der Waals surface area contributed by atoms with E-state index in [1.807, 2.05) is 20.0 Å². The van der Waals surface area contributed by atoms with Gasteiger partial charge in [0.25, 0.3) is 0 Å². The van der Waals surface area contributed by atoms with Crippen LogP contribution in [0.3, 0.4) is 0 Å². The summed E-state index contributed by atoms with van der Waals surface area (Å²) in [5.74, 6) is 0.381. The van der Waals surface area contributed by atoms with Crippen molar-refractivity contribution in [2.24, 2.45) is 0 Å². The van der Waals surface area contributed by atoms with Gasteiger partial charge in [-0.2, -0.15) is 15.0 Å². The average molecular weight is 286 g/mol. The minimum Gasteiger partial charge on any atom is -0.464 e. The topological polar surface area (TPSA) is 72.8 Å². The molecule has 96 valence electrons. The van der Waals surface area contributed by atoms with Crippen LogP contribution in [0.5, 0.6) is 6.01 Å². The highest BCUT2D eigenvalue weighted by atomic mass is 35.5. The van der Waals surface area contributed by atoms with Gasteiger partial charge in [0, 0.05) is 11.1 Å². The van der Waals surface area contributed by atoms with Crippen molar-refractivity contribution >= 4 is 28.9 Å². The Morgan fingerprint density at radius 1 is 1.39 bits per heavy atom. The zero-order valence-electron chi connectivity index (χ0n) is 9.97. The maximum atomic E-state index is 5.78. The summed E-state index contributed by atoms with van der Waals surface area (Å²) in [4.78, 5) is 17.3. The first-order chi connectivity index (χ1) is 8.67. The summed E-state index contributed by atoms with van der Waals surface area (Å²) in [7, 11) is 0. The molecule has 0 atom stereocenters. The molecule has 2 rings (SSSR count). The van der Waals surface area contributed by atoms with Crippen LogP contribution in [0.15, 0.2) is 6.20 Å². The first-order valence-corrected chi connectivity index (χ1v) is 6.56. The smallest absolute Gasteiger partial charge is 0.322 e. The van der Waals surface area contributed by atoms with Gasteiger partial charge >= 0.3 is 6.01 Å². The van der Waals surface area contributed by atoms with E-state index >= 15 is 0 Å². The van der Waals surface area contributed by atoms with Crippen LogP contribution in [-0.4, -0.2) is 26.5 Å². The molecule has 0 aliphatic rings. The standard InChI is InChI=1S/C10H12ClN5OS/c1-3-17-10-15-8(11)14-9(16-10)13-5-7-12-4-6(2)18-7/h4H,3,5H2,1-2H3,(H,13,14,15,16). The van der Waals surface area contributed by atoms with Crippen LogP contribution in [0.4, 0.5) is 5.95 Å². The van der Waals surface area contributed by atoms with Gasteiger partial charge in [-0.15, -0.1) is 11.3 Å². The van der Waals surface area contributed by atoms with E-state index in [0.29, 0.717) is 19.1 Å². The van der Waals surface area contributed by atoms with E-state index in [9.17, 15) is 0 Å². The number of ether oxygens (including phenoxy) is 1. The minimum absolute atomic E-state index is 0.103. The van der Waals surface area contributed by atoms with Crippen molar-refractivity contribution in [2.45, 2.75) is 20.4 Å². The molecule has 0 aromatic carbocycles. The summed E-state index contributed by atoms with van der Waals surface area (Å²) in [5, 5.41) is 4.10. The molecule has 0 fully saturated rings. The Morgan fingerprint density at radius 2 is 2.22 bits per heavy atom. The van der Waals surface area contributed by atoms with E-state index in [0.717, 1.165) is 9.88 Å². The zero-order chi connectivity index (χ0) is 13.0. The molecule has 2 aromatic heterocycles. The van der Waals surface area contributed by atoms with Crippen LogP contribution in [0.1, 0.15) is 16.8 Å². The van der Waals surface area contributed by atoms with Crippen LogP contribution in [0.2, 0.25) is 5.28 Å². The fraction of sp³-hybridized carbons (Fsp3) is 0.400. The van der Waals surface area contributed by atoms with Crippen LogP contribution < -0.4 is 10.1 Å². The van der Waals surface area contributed by atoms with Crippen molar-refractivity contribution in [1.82, 2.24) is 19.9 Å². The van der Waals surface area contributed by atoms with Gasteiger partial charge in [-0.1, -0.05) is 0 Å². The first kappa shape index (κ1) is 13.0. The van der Waals surface area contributed by atoms with E-state index in [2.05, 4.69) is 25.3 Å². The first-order valence-electron chi connectivity index (χ1n) is 5.37. The molecule has 8 heteroatoms. The summed E-state index contributed by atoms with van der Waals surface area (Å²) < 4.78 is 5.18. The zero-order valence-corrected chi connectivity index (χ0v) is 11.5. The maximum absolute atomic E-state index is 5.78. The molecule has 2 aromatic rings. The number of rotatable bonds is 5. The highest BCUT2D eigenvalue weighted by molar-refractivity contribution is 7.11. The molecule has 0 aliphatic carbocycles. The number of anilines is 1. The number of hydrogen-bond donors (Lipinski definition) is 1. The van der Waals surface area contributed by atoms with Crippen molar-refractivity contribution in [3.63, 3.8) is 0 Å². The van der Waals surface area contributed by atoms with Gasteiger partial charge in [-0.05, 0) is 25.4 Å². The third kappa shape index (κ3) is 3.51. The van der Waals surface area contributed by atoms with Crippen LogP contribution in [0.25, 0.3) is 0 Å². The Bertz CT molecular complexity index is 533. The third-order valence-electron chi connectivity index (χ3n) is 1.93. The van der Waals surface area contributed by atoms with Gasteiger partial charge in [0.15, 0.2) is 0 Å². The van der Waals surface area contributed by atoms with Crippen LogP contribution >= 0.6 is 22.9 Å². The fourth-order valence-corrected chi connectivity index (χ4v) is 2.12. The minimum atomic E-state index is 0.103. The molecule has 0 radical (unpaired) electrons. The number of hydrogen-bond acceptors (Lipinski definition) is 7. The van der Waals surface area contributed by atoms with Crippen molar-refractivity contribution in [3.8, 4) is 6.01 Å². The summed E-state index contributed by atoms with van der Waals surface area (Å²) >= 11 is 7.39. The lowest BCUT2D eigenvalue weighted by atomic mass is 10.6. The van der Waals surface area contributed by atoms with Gasteiger partial charge in [-0.3, -0.25) is 0 Å². The van der Waals surface area contributed by atoms with Crippen molar-refractivity contribution < 1.29 is 4.74 Å². The molecule has 18 heavy (non-hydrogen) atoms. The van der Waals surface area contributed by atoms with Crippen molar-refractivity contribution in [3.05, 3.63) is 21.4 Å². The van der Waals surface area contributed by atoms with Gasteiger partial charge in [-0.25, -0.2) is 4.98 Å². The van der Waals surface area contributed by atoms with Gasteiger partial charge in [0.2, 0.25) is 11.2 Å². The second-order valence-corrected chi connectivity index (χ2v) is 5.02. The highest BCUT2D eigenvalue weighted by Gasteiger charge is 2.06. The highest BCUT2D eigenvalue weighted by Crippen LogP contribution is 2.14. The summed E-state index contributed by atoms with van der Waals surface area (Å²) in [6.45, 7) is 4.88. The molecule has 0 amide bonds. The number of aryl methyl sites for hydroxylation is 1. The largest absolute Gasteiger partial charge is 0.464 e. The lowest BCUT2D eigenvalue weighted by Gasteiger charge is -2.05. The summed E-state index contributed by atoms with van der Waals surface area (Å²) in [6, 6.07) is 0.218. The fourth-order valence-electron chi connectivity index (χ4n) is 1.24. The quantitative estimate of drug-likeness (QED) is 0.909. The normalized spacial score (nSPS) is 10.4. The Balaban J connectivity index is 2.04. The predicted molar refractivity (Wildman–Crippen MR) is 70.2 cm³/mol. The maximum Gasteiger partial charge on any atom is 0.322 e.